The standard InChI is InChI=1S/C15H18ClFN2O/c1-2-15(9-16)10-18-7-6-13(19(18)14(15)20)11-4-3-5-12(17)8-11/h3-5,8,13H,2,6-7,9-10H2,1H3/t13-,15-/m1/s1. The van der Waals surface area contributed by atoms with Gasteiger partial charge in [0, 0.05) is 19.0 Å². The molecule has 0 radical (unpaired) electrons. The normalized spacial score (nSPS) is 30.1. The largest absolute Gasteiger partial charge is 0.273 e. The third-order valence-electron chi connectivity index (χ3n) is 4.57. The predicted octanol–water partition coefficient (Wildman–Crippen LogP) is 2.96. The monoisotopic (exact) mass is 296 g/mol. The molecule has 2 heterocycles. The molecule has 3 nitrogen and oxygen atoms in total. The van der Waals surface area contributed by atoms with Gasteiger partial charge in [0.15, 0.2) is 0 Å². The van der Waals surface area contributed by atoms with Crippen LogP contribution >= 0.6 is 11.6 Å². The van der Waals surface area contributed by atoms with E-state index < -0.39 is 5.41 Å². The van der Waals surface area contributed by atoms with E-state index >= 15 is 0 Å². The minimum atomic E-state index is -0.479. The number of rotatable bonds is 3. The summed E-state index contributed by atoms with van der Waals surface area (Å²) in [6.07, 6.45) is 1.58. The van der Waals surface area contributed by atoms with Gasteiger partial charge in [0.1, 0.15) is 5.82 Å². The number of nitrogens with zero attached hydrogens (tertiary/aromatic N) is 2. The van der Waals surface area contributed by atoms with Gasteiger partial charge >= 0.3 is 0 Å². The van der Waals surface area contributed by atoms with E-state index in [-0.39, 0.29) is 17.8 Å². The van der Waals surface area contributed by atoms with Crippen molar-refractivity contribution in [3.63, 3.8) is 0 Å². The number of amides is 1. The lowest BCUT2D eigenvalue weighted by molar-refractivity contribution is -0.142. The quantitative estimate of drug-likeness (QED) is 0.801. The van der Waals surface area contributed by atoms with Crippen molar-refractivity contribution in [3.8, 4) is 0 Å². The van der Waals surface area contributed by atoms with E-state index in [1.54, 1.807) is 11.1 Å². The highest BCUT2D eigenvalue weighted by atomic mass is 35.5. The van der Waals surface area contributed by atoms with Crippen LogP contribution in [-0.4, -0.2) is 34.9 Å². The van der Waals surface area contributed by atoms with Crippen molar-refractivity contribution in [3.05, 3.63) is 35.6 Å². The Balaban J connectivity index is 1.92. The SMILES string of the molecule is CC[C@@]1(CCl)CN2CC[C@H](c3cccc(F)c3)N2C1=O. The van der Waals surface area contributed by atoms with Gasteiger partial charge < -0.3 is 0 Å². The summed E-state index contributed by atoms with van der Waals surface area (Å²) >= 11 is 6.06. The van der Waals surface area contributed by atoms with E-state index in [0.29, 0.717) is 12.4 Å². The summed E-state index contributed by atoms with van der Waals surface area (Å²) in [6.45, 7) is 3.50. The van der Waals surface area contributed by atoms with Crippen LogP contribution in [0.3, 0.4) is 0 Å². The Bertz CT molecular complexity index is 532. The van der Waals surface area contributed by atoms with E-state index in [4.69, 9.17) is 11.6 Å². The number of hydrogen-bond acceptors (Lipinski definition) is 2. The van der Waals surface area contributed by atoms with Crippen molar-refractivity contribution in [1.29, 1.82) is 0 Å². The highest BCUT2D eigenvalue weighted by Gasteiger charge is 2.53. The number of halogens is 2. The van der Waals surface area contributed by atoms with E-state index in [9.17, 15) is 9.18 Å². The Morgan fingerprint density at radius 2 is 2.30 bits per heavy atom. The second kappa shape index (κ2) is 5.01. The summed E-state index contributed by atoms with van der Waals surface area (Å²) in [5, 5.41) is 3.88. The van der Waals surface area contributed by atoms with Gasteiger partial charge in [-0.2, -0.15) is 0 Å². The molecule has 1 aromatic carbocycles. The average molecular weight is 297 g/mol. The maximum atomic E-state index is 13.4. The van der Waals surface area contributed by atoms with E-state index in [1.165, 1.54) is 12.1 Å². The predicted molar refractivity (Wildman–Crippen MR) is 75.6 cm³/mol. The van der Waals surface area contributed by atoms with Crippen LogP contribution in [-0.2, 0) is 4.79 Å². The third kappa shape index (κ3) is 1.93. The van der Waals surface area contributed by atoms with Crippen LogP contribution in [0.2, 0.25) is 0 Å². The number of carbonyl (C=O) groups excluding carboxylic acids is 1. The third-order valence-corrected chi connectivity index (χ3v) is 5.09. The van der Waals surface area contributed by atoms with Crippen molar-refractivity contribution in [2.45, 2.75) is 25.8 Å². The molecule has 0 N–H and O–H groups in total. The molecule has 20 heavy (non-hydrogen) atoms. The molecule has 1 aromatic rings. The average Bonchev–Trinajstić information content (AvgIpc) is 2.98. The van der Waals surface area contributed by atoms with Gasteiger partial charge in [-0.3, -0.25) is 9.80 Å². The summed E-state index contributed by atoms with van der Waals surface area (Å²) in [7, 11) is 0. The molecule has 3 rings (SSSR count). The van der Waals surface area contributed by atoms with Gasteiger partial charge in [0.2, 0.25) is 5.91 Å². The second-order valence-electron chi connectivity index (χ2n) is 5.66. The molecule has 108 valence electrons. The lowest BCUT2D eigenvalue weighted by atomic mass is 9.86. The molecule has 2 fully saturated rings. The maximum Gasteiger partial charge on any atom is 0.246 e. The first kappa shape index (κ1) is 13.8. The van der Waals surface area contributed by atoms with Crippen molar-refractivity contribution in [2.24, 2.45) is 5.41 Å². The molecule has 0 unspecified atom stereocenters. The van der Waals surface area contributed by atoms with Crippen LogP contribution in [0.5, 0.6) is 0 Å². The van der Waals surface area contributed by atoms with Gasteiger partial charge in [-0.15, -0.1) is 11.6 Å². The van der Waals surface area contributed by atoms with Crippen molar-refractivity contribution in [2.75, 3.05) is 19.0 Å². The molecule has 2 aliphatic heterocycles. The molecule has 0 aliphatic carbocycles. The number of alkyl halides is 1. The summed E-state index contributed by atoms with van der Waals surface area (Å²) in [6, 6.07) is 6.47. The molecule has 2 aliphatic rings. The molecule has 2 atom stereocenters. The van der Waals surface area contributed by atoms with Crippen LogP contribution in [0.15, 0.2) is 24.3 Å². The molecule has 0 spiro atoms. The van der Waals surface area contributed by atoms with Crippen LogP contribution in [0.4, 0.5) is 4.39 Å². The fourth-order valence-electron chi connectivity index (χ4n) is 3.26. The van der Waals surface area contributed by atoms with Gasteiger partial charge in [-0.25, -0.2) is 9.40 Å². The molecule has 0 bridgehead atoms. The summed E-state index contributed by atoms with van der Waals surface area (Å²) in [5.74, 6) is 0.166. The van der Waals surface area contributed by atoms with Crippen LogP contribution < -0.4 is 0 Å². The first-order chi connectivity index (χ1) is 9.61. The maximum absolute atomic E-state index is 13.4. The highest BCUT2D eigenvalue weighted by Crippen LogP contribution is 2.44. The molecule has 0 saturated carbocycles. The number of benzene rings is 1. The number of carbonyl (C=O) groups is 1. The molecule has 1 amide bonds. The van der Waals surface area contributed by atoms with Gasteiger partial charge in [-0.1, -0.05) is 19.1 Å². The van der Waals surface area contributed by atoms with Crippen molar-refractivity contribution < 1.29 is 9.18 Å². The van der Waals surface area contributed by atoms with E-state index in [2.05, 4.69) is 5.01 Å². The number of fused-ring (bicyclic) bond motifs is 1. The second-order valence-corrected chi connectivity index (χ2v) is 5.93. The van der Waals surface area contributed by atoms with Gasteiger partial charge in [0.05, 0.1) is 11.5 Å². The van der Waals surface area contributed by atoms with Gasteiger partial charge in [-0.05, 0) is 30.5 Å². The van der Waals surface area contributed by atoms with Gasteiger partial charge in [0.25, 0.3) is 0 Å². The zero-order valence-corrected chi connectivity index (χ0v) is 12.2. The topological polar surface area (TPSA) is 23.6 Å². The van der Waals surface area contributed by atoms with Crippen molar-refractivity contribution >= 4 is 17.5 Å². The fourth-order valence-corrected chi connectivity index (χ4v) is 3.65. The minimum Gasteiger partial charge on any atom is -0.273 e. The Morgan fingerprint density at radius 1 is 1.50 bits per heavy atom. The first-order valence-electron chi connectivity index (χ1n) is 7.01. The molecular weight excluding hydrogens is 279 g/mol. The lowest BCUT2D eigenvalue weighted by Crippen LogP contribution is -2.38. The number of hydrogen-bond donors (Lipinski definition) is 0. The Hall–Kier alpha value is -1.13. The van der Waals surface area contributed by atoms with Crippen LogP contribution in [0, 0.1) is 11.2 Å². The molecule has 2 saturated heterocycles. The van der Waals surface area contributed by atoms with E-state index in [1.807, 2.05) is 13.0 Å². The lowest BCUT2D eigenvalue weighted by Gasteiger charge is -2.27. The molecular formula is C15H18ClFN2O. The zero-order valence-electron chi connectivity index (χ0n) is 11.5. The Labute approximate surface area is 123 Å². The highest BCUT2D eigenvalue weighted by molar-refractivity contribution is 6.20. The zero-order chi connectivity index (χ0) is 14.3. The minimum absolute atomic E-state index is 0.0603. The van der Waals surface area contributed by atoms with E-state index in [0.717, 1.165) is 24.9 Å². The smallest absolute Gasteiger partial charge is 0.246 e. The summed E-state index contributed by atoms with van der Waals surface area (Å²) in [4.78, 5) is 12.7. The van der Waals surface area contributed by atoms with Crippen LogP contribution in [0.25, 0.3) is 0 Å². The Morgan fingerprint density at radius 3 is 2.95 bits per heavy atom. The molecule has 5 heteroatoms. The molecule has 0 aromatic heterocycles. The number of hydrazine groups is 1. The fraction of sp³-hybridized carbons (Fsp3) is 0.533. The first-order valence-corrected chi connectivity index (χ1v) is 7.55. The van der Waals surface area contributed by atoms with Crippen LogP contribution in [0.1, 0.15) is 31.4 Å². The summed E-state index contributed by atoms with van der Waals surface area (Å²) < 4.78 is 13.4. The summed E-state index contributed by atoms with van der Waals surface area (Å²) in [5.41, 5.74) is 0.385. The Kier molecular flexibility index (Phi) is 3.46. The van der Waals surface area contributed by atoms with Crippen molar-refractivity contribution in [1.82, 2.24) is 10.0 Å².